The maximum Gasteiger partial charge on any atom is 0.416 e. The van der Waals surface area contributed by atoms with Crippen LogP contribution in [0.5, 0.6) is 0 Å². The van der Waals surface area contributed by atoms with E-state index in [4.69, 9.17) is 5.73 Å². The molecule has 0 fully saturated rings. The van der Waals surface area contributed by atoms with Crippen LogP contribution in [0.25, 0.3) is 0 Å². The average molecular weight is 231 g/mol. The molecule has 0 radical (unpaired) electrons. The van der Waals surface area contributed by atoms with E-state index in [9.17, 15) is 18.0 Å². The minimum absolute atomic E-state index is 0.132. The van der Waals surface area contributed by atoms with Crippen molar-refractivity contribution >= 4 is 5.91 Å². The van der Waals surface area contributed by atoms with E-state index in [0.717, 1.165) is 6.07 Å². The van der Waals surface area contributed by atoms with Crippen LogP contribution in [0.15, 0.2) is 18.2 Å². The van der Waals surface area contributed by atoms with Gasteiger partial charge in [0.25, 0.3) is 0 Å². The molecule has 2 nitrogen and oxygen atoms in total. The van der Waals surface area contributed by atoms with Crippen molar-refractivity contribution in [2.45, 2.75) is 25.9 Å². The third-order valence-corrected chi connectivity index (χ3v) is 2.49. The van der Waals surface area contributed by atoms with Crippen LogP contribution in [0.4, 0.5) is 13.2 Å². The minimum Gasteiger partial charge on any atom is -0.369 e. The predicted molar refractivity (Wildman–Crippen MR) is 53.8 cm³/mol. The highest BCUT2D eigenvalue weighted by Crippen LogP contribution is 2.33. The Morgan fingerprint density at radius 3 is 2.38 bits per heavy atom. The number of carbonyl (C=O) groups is 1. The van der Waals surface area contributed by atoms with E-state index in [0.29, 0.717) is 0 Å². The molecule has 0 saturated heterocycles. The van der Waals surface area contributed by atoms with Crippen LogP contribution in [0, 0.1) is 6.92 Å². The summed E-state index contributed by atoms with van der Waals surface area (Å²) in [5, 5.41) is 0. The molecule has 0 aliphatic carbocycles. The first-order valence-electron chi connectivity index (χ1n) is 4.70. The van der Waals surface area contributed by atoms with Gasteiger partial charge in [0, 0.05) is 0 Å². The van der Waals surface area contributed by atoms with Crippen LogP contribution >= 0.6 is 0 Å². The van der Waals surface area contributed by atoms with Gasteiger partial charge in [0.15, 0.2) is 0 Å². The van der Waals surface area contributed by atoms with E-state index in [-0.39, 0.29) is 11.1 Å². The van der Waals surface area contributed by atoms with Crippen molar-refractivity contribution in [2.24, 2.45) is 5.73 Å². The van der Waals surface area contributed by atoms with Crippen molar-refractivity contribution < 1.29 is 18.0 Å². The number of alkyl halides is 3. The smallest absolute Gasteiger partial charge is 0.369 e. The van der Waals surface area contributed by atoms with Gasteiger partial charge in [-0.2, -0.15) is 13.2 Å². The van der Waals surface area contributed by atoms with Gasteiger partial charge in [-0.15, -0.1) is 0 Å². The topological polar surface area (TPSA) is 43.1 Å². The number of hydrogen-bond donors (Lipinski definition) is 1. The summed E-state index contributed by atoms with van der Waals surface area (Å²) in [6.45, 7) is 2.86. The van der Waals surface area contributed by atoms with E-state index < -0.39 is 23.6 Å². The summed E-state index contributed by atoms with van der Waals surface area (Å²) >= 11 is 0. The Hall–Kier alpha value is -1.52. The Morgan fingerprint density at radius 2 is 1.94 bits per heavy atom. The summed E-state index contributed by atoms with van der Waals surface area (Å²) < 4.78 is 37.7. The lowest BCUT2D eigenvalue weighted by molar-refractivity contribution is -0.138. The largest absolute Gasteiger partial charge is 0.416 e. The second-order valence-electron chi connectivity index (χ2n) is 3.70. The number of rotatable bonds is 2. The minimum atomic E-state index is -4.41. The molecule has 5 heteroatoms. The summed E-state index contributed by atoms with van der Waals surface area (Å²) in [5.74, 6) is -1.36. The second-order valence-corrected chi connectivity index (χ2v) is 3.70. The standard InChI is InChI=1S/C11H12F3NO/c1-6-3-4-8(7(2)10(15)16)5-9(6)11(12,13)14/h3-5,7H,1-2H3,(H2,15,16). The number of primary amides is 1. The molecule has 0 aliphatic heterocycles. The average Bonchev–Trinajstić information content (AvgIpc) is 2.15. The van der Waals surface area contributed by atoms with Gasteiger partial charge >= 0.3 is 6.18 Å². The van der Waals surface area contributed by atoms with Gasteiger partial charge in [-0.1, -0.05) is 12.1 Å². The normalized spacial score (nSPS) is 13.6. The zero-order valence-electron chi connectivity index (χ0n) is 8.93. The van der Waals surface area contributed by atoms with Crippen molar-refractivity contribution in [3.8, 4) is 0 Å². The van der Waals surface area contributed by atoms with Gasteiger partial charge in [0.05, 0.1) is 11.5 Å². The number of carbonyl (C=O) groups excluding carboxylic acids is 1. The van der Waals surface area contributed by atoms with Crippen LogP contribution in [0.2, 0.25) is 0 Å². The number of halogens is 3. The van der Waals surface area contributed by atoms with Gasteiger partial charge in [-0.3, -0.25) is 4.79 Å². The highest BCUT2D eigenvalue weighted by atomic mass is 19.4. The Kier molecular flexibility index (Phi) is 3.26. The third-order valence-electron chi connectivity index (χ3n) is 2.49. The van der Waals surface area contributed by atoms with Gasteiger partial charge in [0.1, 0.15) is 0 Å². The molecule has 0 bridgehead atoms. The Morgan fingerprint density at radius 1 is 1.38 bits per heavy atom. The fourth-order valence-electron chi connectivity index (χ4n) is 1.38. The van der Waals surface area contributed by atoms with Crippen LogP contribution in [0.1, 0.15) is 29.5 Å². The molecule has 0 aromatic heterocycles. The summed E-state index contributed by atoms with van der Waals surface area (Å²) in [4.78, 5) is 10.9. The molecule has 1 aromatic carbocycles. The number of amides is 1. The predicted octanol–water partition coefficient (Wildman–Crippen LogP) is 2.60. The molecule has 1 aromatic rings. The third kappa shape index (κ3) is 2.53. The quantitative estimate of drug-likeness (QED) is 0.835. The summed E-state index contributed by atoms with van der Waals surface area (Å²) in [5.41, 5.74) is 4.74. The van der Waals surface area contributed by atoms with E-state index >= 15 is 0 Å². The lowest BCUT2D eigenvalue weighted by atomic mass is 9.96. The van der Waals surface area contributed by atoms with Crippen molar-refractivity contribution in [3.63, 3.8) is 0 Å². The van der Waals surface area contributed by atoms with Crippen LogP contribution in [-0.4, -0.2) is 5.91 Å². The molecule has 0 saturated carbocycles. The van der Waals surface area contributed by atoms with E-state index in [1.165, 1.54) is 26.0 Å². The zero-order valence-corrected chi connectivity index (χ0v) is 8.93. The Bertz CT molecular complexity index is 412. The summed E-state index contributed by atoms with van der Waals surface area (Å²) in [7, 11) is 0. The molecule has 0 heterocycles. The van der Waals surface area contributed by atoms with E-state index in [1.54, 1.807) is 0 Å². The van der Waals surface area contributed by atoms with Gasteiger partial charge in [0.2, 0.25) is 5.91 Å². The molecule has 0 aliphatic rings. The van der Waals surface area contributed by atoms with Crippen molar-refractivity contribution in [1.82, 2.24) is 0 Å². The molecule has 1 rings (SSSR count). The molecule has 0 spiro atoms. The first kappa shape index (κ1) is 12.5. The first-order chi connectivity index (χ1) is 7.23. The first-order valence-corrected chi connectivity index (χ1v) is 4.70. The van der Waals surface area contributed by atoms with Crippen LogP contribution in [-0.2, 0) is 11.0 Å². The number of benzene rings is 1. The Labute approximate surface area is 91.3 Å². The molecule has 88 valence electrons. The number of nitrogens with two attached hydrogens (primary N) is 1. The maximum absolute atomic E-state index is 12.6. The fourth-order valence-corrected chi connectivity index (χ4v) is 1.38. The van der Waals surface area contributed by atoms with E-state index in [2.05, 4.69) is 0 Å². The molecular weight excluding hydrogens is 219 g/mol. The lowest BCUT2D eigenvalue weighted by Gasteiger charge is -2.14. The fraction of sp³-hybridized carbons (Fsp3) is 0.364. The molecule has 1 atom stereocenters. The monoisotopic (exact) mass is 231 g/mol. The highest BCUT2D eigenvalue weighted by Gasteiger charge is 2.33. The molecule has 16 heavy (non-hydrogen) atoms. The van der Waals surface area contributed by atoms with Crippen LogP contribution < -0.4 is 5.73 Å². The van der Waals surface area contributed by atoms with Crippen molar-refractivity contribution in [2.75, 3.05) is 0 Å². The number of aryl methyl sites for hydroxylation is 1. The summed E-state index contributed by atoms with van der Waals surface area (Å²) in [6, 6.07) is 3.81. The molecule has 2 N–H and O–H groups in total. The van der Waals surface area contributed by atoms with E-state index in [1.807, 2.05) is 0 Å². The van der Waals surface area contributed by atoms with Crippen LogP contribution in [0.3, 0.4) is 0 Å². The van der Waals surface area contributed by atoms with Gasteiger partial charge in [-0.25, -0.2) is 0 Å². The van der Waals surface area contributed by atoms with Gasteiger partial charge in [-0.05, 0) is 31.0 Å². The molecular formula is C11H12F3NO. The number of hydrogen-bond acceptors (Lipinski definition) is 1. The highest BCUT2D eigenvalue weighted by molar-refractivity contribution is 5.81. The van der Waals surface area contributed by atoms with Crippen molar-refractivity contribution in [1.29, 1.82) is 0 Å². The van der Waals surface area contributed by atoms with Crippen molar-refractivity contribution in [3.05, 3.63) is 34.9 Å². The zero-order chi connectivity index (χ0) is 12.5. The lowest BCUT2D eigenvalue weighted by Crippen LogP contribution is -2.19. The SMILES string of the molecule is Cc1ccc(C(C)C(N)=O)cc1C(F)(F)F. The molecule has 1 unspecified atom stereocenters. The maximum atomic E-state index is 12.6. The Balaban J connectivity index is 3.23. The summed E-state index contributed by atoms with van der Waals surface area (Å²) in [6.07, 6.45) is -4.41. The second kappa shape index (κ2) is 4.15. The van der Waals surface area contributed by atoms with Gasteiger partial charge < -0.3 is 5.73 Å². The molecule has 1 amide bonds.